The van der Waals surface area contributed by atoms with Crippen molar-refractivity contribution in [3.63, 3.8) is 0 Å². The summed E-state index contributed by atoms with van der Waals surface area (Å²) in [6.45, 7) is 2.21. The molecule has 1 saturated carbocycles. The molecule has 86 valence electrons. The number of hydrogen-bond donors (Lipinski definition) is 0. The number of ether oxygens (including phenoxy) is 1. The summed E-state index contributed by atoms with van der Waals surface area (Å²) in [5.74, 6) is 0.863. The standard InChI is InChI=1S/C15H20O/c1-2-14-9-10-15(16-14)13-7-5-12(6-8-13)11-3-4-11/h5-8,11,14-15H,2-4,9-10H2,1H3/t14-,15-/m1/s1. The second-order valence-corrected chi connectivity index (χ2v) is 5.17. The van der Waals surface area contributed by atoms with Crippen LogP contribution in [-0.4, -0.2) is 6.10 Å². The molecule has 1 aliphatic heterocycles. The fourth-order valence-corrected chi connectivity index (χ4v) is 2.65. The molecule has 2 fully saturated rings. The lowest BCUT2D eigenvalue weighted by molar-refractivity contribution is 0.0428. The molecule has 0 bridgehead atoms. The van der Waals surface area contributed by atoms with Crippen LogP contribution < -0.4 is 0 Å². The Bertz CT molecular complexity index is 350. The highest BCUT2D eigenvalue weighted by Crippen LogP contribution is 2.41. The van der Waals surface area contributed by atoms with Crippen molar-refractivity contribution < 1.29 is 4.74 Å². The van der Waals surface area contributed by atoms with E-state index in [-0.39, 0.29) is 0 Å². The summed E-state index contributed by atoms with van der Waals surface area (Å²) in [5, 5.41) is 0. The Morgan fingerprint density at radius 2 is 1.69 bits per heavy atom. The van der Waals surface area contributed by atoms with Gasteiger partial charge in [0.15, 0.2) is 0 Å². The first kappa shape index (κ1) is 10.3. The molecule has 1 heterocycles. The second kappa shape index (κ2) is 4.21. The molecule has 1 aliphatic carbocycles. The molecule has 1 heteroatoms. The minimum Gasteiger partial charge on any atom is -0.370 e. The van der Waals surface area contributed by atoms with E-state index in [0.717, 1.165) is 12.3 Å². The van der Waals surface area contributed by atoms with E-state index in [1.54, 1.807) is 0 Å². The van der Waals surface area contributed by atoms with Gasteiger partial charge in [-0.15, -0.1) is 0 Å². The lowest BCUT2D eigenvalue weighted by Crippen LogP contribution is -2.04. The molecule has 1 saturated heterocycles. The van der Waals surface area contributed by atoms with Crippen LogP contribution in [0.3, 0.4) is 0 Å². The van der Waals surface area contributed by atoms with Crippen molar-refractivity contribution in [2.75, 3.05) is 0 Å². The molecule has 0 aromatic heterocycles. The van der Waals surface area contributed by atoms with E-state index >= 15 is 0 Å². The van der Waals surface area contributed by atoms with Crippen LogP contribution in [-0.2, 0) is 4.74 Å². The van der Waals surface area contributed by atoms with Crippen molar-refractivity contribution in [2.24, 2.45) is 0 Å². The van der Waals surface area contributed by atoms with Crippen LogP contribution in [0.2, 0.25) is 0 Å². The topological polar surface area (TPSA) is 9.23 Å². The summed E-state index contributed by atoms with van der Waals surface area (Å²) in [6.07, 6.45) is 7.20. The van der Waals surface area contributed by atoms with Gasteiger partial charge in [-0.3, -0.25) is 0 Å². The maximum atomic E-state index is 6.01. The predicted octanol–water partition coefficient (Wildman–Crippen LogP) is 4.19. The van der Waals surface area contributed by atoms with E-state index in [1.807, 2.05) is 0 Å². The Morgan fingerprint density at radius 3 is 2.25 bits per heavy atom. The molecule has 2 atom stereocenters. The normalized spacial score (nSPS) is 29.6. The maximum absolute atomic E-state index is 6.01. The van der Waals surface area contributed by atoms with Crippen LogP contribution in [0.25, 0.3) is 0 Å². The number of rotatable bonds is 3. The smallest absolute Gasteiger partial charge is 0.0829 e. The largest absolute Gasteiger partial charge is 0.370 e. The molecule has 1 aromatic carbocycles. The average Bonchev–Trinajstić information content (AvgIpc) is 3.07. The van der Waals surface area contributed by atoms with E-state index in [9.17, 15) is 0 Å². The van der Waals surface area contributed by atoms with E-state index in [2.05, 4.69) is 31.2 Å². The first-order valence-corrected chi connectivity index (χ1v) is 6.62. The molecule has 0 spiro atoms. The minimum atomic E-state index is 0.359. The molecule has 1 nitrogen and oxygen atoms in total. The SMILES string of the molecule is CC[C@@H]1CC[C@H](c2ccc(C3CC3)cc2)O1. The van der Waals surface area contributed by atoms with Crippen LogP contribution in [0.1, 0.15) is 62.2 Å². The number of hydrogen-bond acceptors (Lipinski definition) is 1. The van der Waals surface area contributed by atoms with Crippen LogP contribution in [0.15, 0.2) is 24.3 Å². The van der Waals surface area contributed by atoms with Gasteiger partial charge in [-0.25, -0.2) is 0 Å². The molecule has 0 radical (unpaired) electrons. The highest BCUT2D eigenvalue weighted by Gasteiger charge is 2.26. The van der Waals surface area contributed by atoms with Crippen LogP contribution in [0.5, 0.6) is 0 Å². The molecule has 2 aliphatic rings. The van der Waals surface area contributed by atoms with E-state index < -0.39 is 0 Å². The van der Waals surface area contributed by atoms with Gasteiger partial charge in [-0.2, -0.15) is 0 Å². The molecule has 0 N–H and O–H groups in total. The summed E-state index contributed by atoms with van der Waals surface area (Å²) in [4.78, 5) is 0. The Kier molecular flexibility index (Phi) is 2.72. The molecule has 16 heavy (non-hydrogen) atoms. The second-order valence-electron chi connectivity index (χ2n) is 5.17. The monoisotopic (exact) mass is 216 g/mol. The van der Waals surface area contributed by atoms with Crippen LogP contribution >= 0.6 is 0 Å². The van der Waals surface area contributed by atoms with E-state index in [0.29, 0.717) is 12.2 Å². The third kappa shape index (κ3) is 2.01. The van der Waals surface area contributed by atoms with Gasteiger partial charge in [0.2, 0.25) is 0 Å². The van der Waals surface area contributed by atoms with Crippen LogP contribution in [0, 0.1) is 0 Å². The first-order chi connectivity index (χ1) is 7.86. The summed E-state index contributed by atoms with van der Waals surface area (Å²) in [5.41, 5.74) is 2.90. The van der Waals surface area contributed by atoms with Gasteiger partial charge in [0, 0.05) is 0 Å². The first-order valence-electron chi connectivity index (χ1n) is 6.62. The van der Waals surface area contributed by atoms with Crippen molar-refractivity contribution in [1.82, 2.24) is 0 Å². The quantitative estimate of drug-likeness (QED) is 0.736. The van der Waals surface area contributed by atoms with Gasteiger partial charge in [0.25, 0.3) is 0 Å². The highest BCUT2D eigenvalue weighted by atomic mass is 16.5. The Hall–Kier alpha value is -0.820. The summed E-state index contributed by atoms with van der Waals surface area (Å²) >= 11 is 0. The predicted molar refractivity (Wildman–Crippen MR) is 65.6 cm³/mol. The fraction of sp³-hybridized carbons (Fsp3) is 0.600. The third-order valence-corrected chi connectivity index (χ3v) is 3.92. The minimum absolute atomic E-state index is 0.359. The molecule has 0 unspecified atom stereocenters. The Labute approximate surface area is 97.8 Å². The van der Waals surface area contributed by atoms with Gasteiger partial charge in [0.1, 0.15) is 0 Å². The van der Waals surface area contributed by atoms with Crippen molar-refractivity contribution in [1.29, 1.82) is 0 Å². The Balaban J connectivity index is 1.69. The van der Waals surface area contributed by atoms with Crippen molar-refractivity contribution >= 4 is 0 Å². The van der Waals surface area contributed by atoms with E-state index in [1.165, 1.54) is 36.8 Å². The molecule has 0 amide bonds. The van der Waals surface area contributed by atoms with Crippen LogP contribution in [0.4, 0.5) is 0 Å². The zero-order valence-corrected chi connectivity index (χ0v) is 9.99. The van der Waals surface area contributed by atoms with Gasteiger partial charge >= 0.3 is 0 Å². The summed E-state index contributed by atoms with van der Waals surface area (Å²) in [7, 11) is 0. The summed E-state index contributed by atoms with van der Waals surface area (Å²) in [6, 6.07) is 9.15. The van der Waals surface area contributed by atoms with Gasteiger partial charge in [-0.05, 0) is 49.1 Å². The maximum Gasteiger partial charge on any atom is 0.0829 e. The lowest BCUT2D eigenvalue weighted by atomic mass is 10.0. The lowest BCUT2D eigenvalue weighted by Gasteiger charge is -2.13. The number of benzene rings is 1. The highest BCUT2D eigenvalue weighted by molar-refractivity contribution is 5.29. The third-order valence-electron chi connectivity index (χ3n) is 3.92. The Morgan fingerprint density at radius 1 is 1.00 bits per heavy atom. The summed E-state index contributed by atoms with van der Waals surface area (Å²) < 4.78 is 6.01. The average molecular weight is 216 g/mol. The van der Waals surface area contributed by atoms with E-state index in [4.69, 9.17) is 4.74 Å². The molecule has 1 aromatic rings. The van der Waals surface area contributed by atoms with Crippen molar-refractivity contribution in [2.45, 2.75) is 57.2 Å². The molecule has 3 rings (SSSR count). The van der Waals surface area contributed by atoms with Crippen molar-refractivity contribution in [3.05, 3.63) is 35.4 Å². The fourth-order valence-electron chi connectivity index (χ4n) is 2.65. The van der Waals surface area contributed by atoms with Gasteiger partial charge < -0.3 is 4.74 Å². The zero-order valence-electron chi connectivity index (χ0n) is 9.99. The zero-order chi connectivity index (χ0) is 11.0. The molecular formula is C15H20O. The molecular weight excluding hydrogens is 196 g/mol. The van der Waals surface area contributed by atoms with Gasteiger partial charge in [-0.1, -0.05) is 31.2 Å². The van der Waals surface area contributed by atoms with Crippen molar-refractivity contribution in [3.8, 4) is 0 Å². The van der Waals surface area contributed by atoms with Gasteiger partial charge in [0.05, 0.1) is 12.2 Å².